The van der Waals surface area contributed by atoms with Crippen LogP contribution in [-0.2, 0) is 9.53 Å². The average molecular weight is 481 g/mol. The Labute approximate surface area is 208 Å². The number of esters is 1. The van der Waals surface area contributed by atoms with Gasteiger partial charge in [0.1, 0.15) is 0 Å². The molecule has 3 aromatic carbocycles. The van der Waals surface area contributed by atoms with E-state index in [1.807, 2.05) is 44.2 Å². The Kier molecular flexibility index (Phi) is 7.21. The second-order valence-electron chi connectivity index (χ2n) is 8.32. The number of benzene rings is 3. The first-order chi connectivity index (χ1) is 17.4. The number of nitrogens with zero attached hydrogens (tertiary/aromatic N) is 4. The first kappa shape index (κ1) is 24.4. The van der Waals surface area contributed by atoms with E-state index in [2.05, 4.69) is 5.10 Å². The van der Waals surface area contributed by atoms with Crippen LogP contribution in [0.1, 0.15) is 28.0 Å². The first-order valence-electron chi connectivity index (χ1n) is 11.4. The van der Waals surface area contributed by atoms with Crippen molar-refractivity contribution in [2.75, 3.05) is 18.1 Å². The fourth-order valence-electron chi connectivity index (χ4n) is 4.02. The number of anilines is 1. The number of aryl methyl sites for hydroxylation is 2. The molecule has 1 amide bonds. The van der Waals surface area contributed by atoms with Crippen LogP contribution in [0.25, 0.3) is 16.5 Å². The predicted molar refractivity (Wildman–Crippen MR) is 136 cm³/mol. The number of hydrogen-bond acceptors (Lipinski definition) is 6. The summed E-state index contributed by atoms with van der Waals surface area (Å²) in [6.45, 7) is 3.46. The van der Waals surface area contributed by atoms with Crippen LogP contribution >= 0.6 is 0 Å². The Morgan fingerprint density at radius 2 is 1.61 bits per heavy atom. The van der Waals surface area contributed by atoms with E-state index in [0.29, 0.717) is 22.1 Å². The molecule has 8 nitrogen and oxygen atoms in total. The van der Waals surface area contributed by atoms with Crippen molar-refractivity contribution in [2.24, 2.45) is 0 Å². The molecular weight excluding hydrogens is 456 g/mol. The lowest BCUT2D eigenvalue weighted by Gasteiger charge is -2.22. The van der Waals surface area contributed by atoms with Gasteiger partial charge in [-0.15, -0.1) is 0 Å². The number of fused-ring (bicyclic) bond motifs is 1. The van der Waals surface area contributed by atoms with Crippen molar-refractivity contribution in [1.29, 1.82) is 5.26 Å². The smallest absolute Gasteiger partial charge is 0.359 e. The molecule has 0 aliphatic heterocycles. The number of hydrogen-bond donors (Lipinski definition) is 0. The zero-order valence-electron chi connectivity index (χ0n) is 20.0. The Bertz CT molecular complexity index is 1520. The minimum Gasteiger partial charge on any atom is -0.451 e. The minimum atomic E-state index is -0.829. The maximum Gasteiger partial charge on any atom is 0.359 e. The van der Waals surface area contributed by atoms with Gasteiger partial charge >= 0.3 is 5.97 Å². The molecule has 180 valence electrons. The van der Waals surface area contributed by atoms with E-state index in [1.54, 1.807) is 48.5 Å². The highest BCUT2D eigenvalue weighted by Crippen LogP contribution is 2.20. The third-order valence-electron chi connectivity index (χ3n) is 5.59. The van der Waals surface area contributed by atoms with Gasteiger partial charge in [-0.05, 0) is 55.3 Å². The van der Waals surface area contributed by atoms with Gasteiger partial charge in [0.15, 0.2) is 12.3 Å². The predicted octanol–water partition coefficient (Wildman–Crippen LogP) is 4.11. The summed E-state index contributed by atoms with van der Waals surface area (Å²) >= 11 is 0. The number of rotatable bonds is 7. The number of para-hydroxylation sites is 1. The second-order valence-corrected chi connectivity index (χ2v) is 8.32. The molecule has 1 heterocycles. The van der Waals surface area contributed by atoms with Gasteiger partial charge in [0.25, 0.3) is 11.5 Å². The number of amides is 1. The van der Waals surface area contributed by atoms with E-state index < -0.39 is 18.5 Å². The lowest BCUT2D eigenvalue weighted by molar-refractivity contribution is -0.121. The first-order valence-corrected chi connectivity index (χ1v) is 11.4. The van der Waals surface area contributed by atoms with Crippen molar-refractivity contribution >= 4 is 28.3 Å². The van der Waals surface area contributed by atoms with Crippen molar-refractivity contribution in [2.45, 2.75) is 20.3 Å². The van der Waals surface area contributed by atoms with E-state index >= 15 is 0 Å². The lowest BCUT2D eigenvalue weighted by atomic mass is 10.1. The third-order valence-corrected chi connectivity index (χ3v) is 5.59. The van der Waals surface area contributed by atoms with Crippen molar-refractivity contribution in [1.82, 2.24) is 9.78 Å². The third kappa shape index (κ3) is 5.15. The summed E-state index contributed by atoms with van der Waals surface area (Å²) in [5.74, 6) is -1.30. The quantitative estimate of drug-likeness (QED) is 0.369. The summed E-state index contributed by atoms with van der Waals surface area (Å²) in [5, 5.41) is 14.0. The van der Waals surface area contributed by atoms with Crippen molar-refractivity contribution in [3.8, 4) is 11.8 Å². The van der Waals surface area contributed by atoms with Gasteiger partial charge in [-0.1, -0.05) is 42.5 Å². The Hall–Kier alpha value is -4.77. The molecule has 0 saturated carbocycles. The van der Waals surface area contributed by atoms with E-state index in [-0.39, 0.29) is 24.2 Å². The van der Waals surface area contributed by atoms with Gasteiger partial charge in [-0.3, -0.25) is 9.59 Å². The zero-order valence-corrected chi connectivity index (χ0v) is 20.0. The van der Waals surface area contributed by atoms with Crippen LogP contribution in [0.2, 0.25) is 0 Å². The summed E-state index contributed by atoms with van der Waals surface area (Å²) in [6, 6.07) is 23.1. The summed E-state index contributed by atoms with van der Waals surface area (Å²) < 4.78 is 6.53. The van der Waals surface area contributed by atoms with Crippen molar-refractivity contribution in [3.05, 3.63) is 100.0 Å². The molecule has 0 saturated heterocycles. The van der Waals surface area contributed by atoms with Gasteiger partial charge < -0.3 is 9.64 Å². The minimum absolute atomic E-state index is 0.0724. The molecule has 1 aromatic heterocycles. The van der Waals surface area contributed by atoms with Gasteiger partial charge in [0, 0.05) is 17.6 Å². The Morgan fingerprint density at radius 1 is 0.972 bits per heavy atom. The van der Waals surface area contributed by atoms with E-state index in [0.717, 1.165) is 15.8 Å². The maximum atomic E-state index is 13.1. The van der Waals surface area contributed by atoms with Gasteiger partial charge in [-0.2, -0.15) is 15.0 Å². The number of carbonyl (C=O) groups excluding carboxylic acids is 2. The molecule has 0 bridgehead atoms. The van der Waals surface area contributed by atoms with Crippen LogP contribution in [0.5, 0.6) is 0 Å². The molecule has 0 unspecified atom stereocenters. The normalized spacial score (nSPS) is 10.6. The molecule has 4 rings (SSSR count). The summed E-state index contributed by atoms with van der Waals surface area (Å²) in [4.78, 5) is 40.7. The Morgan fingerprint density at radius 3 is 2.28 bits per heavy atom. The summed E-state index contributed by atoms with van der Waals surface area (Å²) in [7, 11) is 0. The van der Waals surface area contributed by atoms with Gasteiger partial charge in [-0.25, -0.2) is 4.79 Å². The molecular formula is C28H24N4O4. The summed E-state index contributed by atoms with van der Waals surface area (Å²) in [6.07, 6.45) is 0.126. The van der Waals surface area contributed by atoms with Gasteiger partial charge in [0.05, 0.1) is 23.6 Å². The number of aromatic nitrogens is 2. The number of ether oxygens (including phenoxy) is 1. The highest BCUT2D eigenvalue weighted by molar-refractivity contribution is 6.03. The molecule has 0 atom stereocenters. The van der Waals surface area contributed by atoms with Crippen LogP contribution in [0, 0.1) is 25.2 Å². The maximum absolute atomic E-state index is 13.1. The van der Waals surface area contributed by atoms with Crippen LogP contribution in [0.3, 0.4) is 0 Å². The molecule has 0 aliphatic rings. The van der Waals surface area contributed by atoms with Crippen LogP contribution in [-0.4, -0.2) is 34.8 Å². The molecule has 36 heavy (non-hydrogen) atoms. The lowest BCUT2D eigenvalue weighted by Crippen LogP contribution is -2.36. The average Bonchev–Trinajstić information content (AvgIpc) is 2.88. The fraction of sp³-hybridized carbons (Fsp3) is 0.179. The molecule has 0 aliphatic carbocycles. The number of carbonyl (C=O) groups is 2. The standard InChI is InChI=1S/C28H24N4O4/c1-19-15-20(2)17-22(16-19)31(14-8-13-29)25(33)18-36-28(35)26-23-11-6-7-12-24(23)27(34)32(30-26)21-9-4-3-5-10-21/h3-7,9-12,15-17H,8,14,18H2,1-2H3. The molecule has 0 fully saturated rings. The van der Waals surface area contributed by atoms with E-state index in [1.165, 1.54) is 4.90 Å². The highest BCUT2D eigenvalue weighted by atomic mass is 16.5. The molecule has 0 radical (unpaired) electrons. The van der Waals surface area contributed by atoms with Gasteiger partial charge in [0.2, 0.25) is 0 Å². The zero-order chi connectivity index (χ0) is 25.7. The van der Waals surface area contributed by atoms with Crippen LogP contribution in [0.4, 0.5) is 5.69 Å². The largest absolute Gasteiger partial charge is 0.451 e. The topological polar surface area (TPSA) is 105 Å². The summed E-state index contributed by atoms with van der Waals surface area (Å²) in [5.41, 5.74) is 2.62. The monoisotopic (exact) mass is 480 g/mol. The highest BCUT2D eigenvalue weighted by Gasteiger charge is 2.22. The van der Waals surface area contributed by atoms with E-state index in [9.17, 15) is 14.4 Å². The van der Waals surface area contributed by atoms with Crippen molar-refractivity contribution < 1.29 is 14.3 Å². The Balaban J connectivity index is 1.64. The molecule has 4 aromatic rings. The van der Waals surface area contributed by atoms with Crippen LogP contribution < -0.4 is 10.5 Å². The number of nitriles is 1. The van der Waals surface area contributed by atoms with E-state index in [4.69, 9.17) is 10.00 Å². The van der Waals surface area contributed by atoms with Crippen LogP contribution in [0.15, 0.2) is 77.6 Å². The second kappa shape index (κ2) is 10.7. The SMILES string of the molecule is Cc1cc(C)cc(N(CCC#N)C(=O)COC(=O)c2nn(-c3ccccc3)c(=O)c3ccccc23)c1. The molecule has 0 spiro atoms. The fourth-order valence-corrected chi connectivity index (χ4v) is 4.02. The van der Waals surface area contributed by atoms with Crippen molar-refractivity contribution in [3.63, 3.8) is 0 Å². The molecule has 0 N–H and O–H groups in total. The molecule has 8 heteroatoms.